The van der Waals surface area contributed by atoms with Crippen LogP contribution in [0.1, 0.15) is 19.4 Å². The van der Waals surface area contributed by atoms with E-state index in [9.17, 15) is 4.79 Å². The Labute approximate surface area is 155 Å². The number of rotatable bonds is 4. The predicted molar refractivity (Wildman–Crippen MR) is 104 cm³/mol. The van der Waals surface area contributed by atoms with Crippen LogP contribution in [0.3, 0.4) is 0 Å². The number of carbonyl (C=O) groups excluding carboxylic acids is 1. The van der Waals surface area contributed by atoms with E-state index in [0.717, 1.165) is 43.3 Å². The van der Waals surface area contributed by atoms with Gasteiger partial charge in [0.2, 0.25) is 5.91 Å². The molecule has 132 valence electrons. The molecule has 0 unspecified atom stereocenters. The summed E-state index contributed by atoms with van der Waals surface area (Å²) in [4.78, 5) is 17.3. The first-order chi connectivity index (χ1) is 12.0. The number of piperazine rings is 1. The molecule has 1 saturated heterocycles. The van der Waals surface area contributed by atoms with Gasteiger partial charge in [-0.25, -0.2) is 0 Å². The molecule has 25 heavy (non-hydrogen) atoms. The monoisotopic (exact) mass is 356 g/mol. The van der Waals surface area contributed by atoms with Crippen molar-refractivity contribution < 1.29 is 4.79 Å². The second kappa shape index (κ2) is 7.49. The van der Waals surface area contributed by atoms with E-state index in [1.165, 1.54) is 5.56 Å². The van der Waals surface area contributed by atoms with E-state index in [1.807, 2.05) is 55.1 Å². The first-order valence-electron chi connectivity index (χ1n) is 8.79. The summed E-state index contributed by atoms with van der Waals surface area (Å²) in [5.74, 6) is 0.238. The average Bonchev–Trinajstić information content (AvgIpc) is 2.62. The first kappa shape index (κ1) is 17.8. The Morgan fingerprint density at radius 1 is 1.00 bits per heavy atom. The smallest absolute Gasteiger partial charge is 0.228 e. The molecular formula is C21H25ClN2O. The maximum atomic E-state index is 13.0. The number of nitrogens with zero attached hydrogens (tertiary/aromatic N) is 2. The Bertz CT molecular complexity index is 722. The summed E-state index contributed by atoms with van der Waals surface area (Å²) < 4.78 is 0. The molecule has 1 amide bonds. The molecule has 0 radical (unpaired) electrons. The van der Waals surface area contributed by atoms with Gasteiger partial charge in [-0.05, 0) is 30.2 Å². The van der Waals surface area contributed by atoms with Gasteiger partial charge in [0.15, 0.2) is 0 Å². The van der Waals surface area contributed by atoms with Crippen LogP contribution in [0.5, 0.6) is 0 Å². The van der Waals surface area contributed by atoms with Gasteiger partial charge in [-0.1, -0.05) is 61.8 Å². The van der Waals surface area contributed by atoms with Crippen LogP contribution in [0.4, 0.5) is 5.69 Å². The van der Waals surface area contributed by atoms with E-state index in [-0.39, 0.29) is 11.3 Å². The number of hydrogen-bond acceptors (Lipinski definition) is 2. The molecule has 3 rings (SSSR count). The summed E-state index contributed by atoms with van der Waals surface area (Å²) in [5, 5.41) is 0.750. The van der Waals surface area contributed by atoms with Crippen LogP contribution in [0.2, 0.25) is 5.02 Å². The van der Waals surface area contributed by atoms with Gasteiger partial charge in [-0.15, -0.1) is 0 Å². The molecular weight excluding hydrogens is 332 g/mol. The maximum Gasteiger partial charge on any atom is 0.228 e. The molecule has 1 aliphatic heterocycles. The normalized spacial score (nSPS) is 15.3. The minimum atomic E-state index is -0.389. The summed E-state index contributed by atoms with van der Waals surface area (Å²) in [5.41, 5.74) is 1.95. The van der Waals surface area contributed by atoms with Gasteiger partial charge in [0.1, 0.15) is 0 Å². The lowest BCUT2D eigenvalue weighted by molar-refractivity contribution is -0.140. The molecule has 0 aromatic heterocycles. The Morgan fingerprint density at radius 3 is 2.32 bits per heavy atom. The molecule has 2 aromatic carbocycles. The van der Waals surface area contributed by atoms with E-state index in [0.29, 0.717) is 0 Å². The van der Waals surface area contributed by atoms with Crippen molar-refractivity contribution in [2.45, 2.75) is 20.3 Å². The van der Waals surface area contributed by atoms with Crippen molar-refractivity contribution in [3.63, 3.8) is 0 Å². The number of hydrogen-bond donors (Lipinski definition) is 0. The lowest BCUT2D eigenvalue weighted by Crippen LogP contribution is -2.52. The third kappa shape index (κ3) is 4.35. The number of carbonyl (C=O) groups is 1. The summed E-state index contributed by atoms with van der Waals surface area (Å²) in [6.45, 7) is 7.28. The van der Waals surface area contributed by atoms with Gasteiger partial charge in [0.25, 0.3) is 0 Å². The zero-order valence-electron chi connectivity index (χ0n) is 14.9. The highest BCUT2D eigenvalue weighted by atomic mass is 35.5. The minimum absolute atomic E-state index is 0.238. The fourth-order valence-corrected chi connectivity index (χ4v) is 3.63. The summed E-state index contributed by atoms with van der Waals surface area (Å²) in [6, 6.07) is 18.2. The Morgan fingerprint density at radius 2 is 1.68 bits per heavy atom. The largest absolute Gasteiger partial charge is 0.368 e. The molecule has 0 spiro atoms. The van der Waals surface area contributed by atoms with Crippen LogP contribution >= 0.6 is 11.6 Å². The molecule has 1 heterocycles. The molecule has 3 nitrogen and oxygen atoms in total. The van der Waals surface area contributed by atoms with E-state index >= 15 is 0 Å². The molecule has 1 fully saturated rings. The van der Waals surface area contributed by atoms with Gasteiger partial charge >= 0.3 is 0 Å². The second-order valence-corrected chi connectivity index (χ2v) is 7.74. The topological polar surface area (TPSA) is 23.6 Å². The Kier molecular flexibility index (Phi) is 5.33. The molecule has 0 N–H and O–H groups in total. The molecule has 0 saturated carbocycles. The summed E-state index contributed by atoms with van der Waals surface area (Å²) in [6.07, 6.45) is 0.765. The molecule has 1 aliphatic rings. The average molecular weight is 357 g/mol. The van der Waals surface area contributed by atoms with Crippen molar-refractivity contribution in [2.75, 3.05) is 31.1 Å². The minimum Gasteiger partial charge on any atom is -0.368 e. The zero-order valence-corrected chi connectivity index (χ0v) is 15.7. The second-order valence-electron chi connectivity index (χ2n) is 7.31. The standard InChI is InChI=1S/C21H25ClN2O/c1-21(2,16-17-7-4-3-5-8-17)20(25)24-13-11-23(12-14-24)19-10-6-9-18(22)15-19/h3-10,15H,11-14,16H2,1-2H3. The summed E-state index contributed by atoms with van der Waals surface area (Å²) in [7, 11) is 0. The molecule has 2 aromatic rings. The Hall–Kier alpha value is -2.00. The van der Waals surface area contributed by atoms with Crippen LogP contribution in [0.25, 0.3) is 0 Å². The van der Waals surface area contributed by atoms with Crippen LogP contribution in [0.15, 0.2) is 54.6 Å². The Balaban J connectivity index is 1.61. The molecule has 0 atom stereocenters. The lowest BCUT2D eigenvalue weighted by Gasteiger charge is -2.39. The van der Waals surface area contributed by atoms with Gasteiger partial charge in [0.05, 0.1) is 0 Å². The highest BCUT2D eigenvalue weighted by molar-refractivity contribution is 6.30. The third-order valence-electron chi connectivity index (χ3n) is 4.81. The van der Waals surface area contributed by atoms with Crippen molar-refractivity contribution >= 4 is 23.2 Å². The van der Waals surface area contributed by atoms with Crippen LogP contribution < -0.4 is 4.90 Å². The van der Waals surface area contributed by atoms with E-state index in [4.69, 9.17) is 11.6 Å². The zero-order chi connectivity index (χ0) is 17.9. The van der Waals surface area contributed by atoms with Crippen LogP contribution in [0, 0.1) is 5.41 Å². The van der Waals surface area contributed by atoms with E-state index < -0.39 is 0 Å². The number of anilines is 1. The van der Waals surface area contributed by atoms with Crippen molar-refractivity contribution in [3.05, 3.63) is 65.2 Å². The van der Waals surface area contributed by atoms with Gasteiger partial charge in [-0.3, -0.25) is 4.79 Å². The molecule has 0 aliphatic carbocycles. The predicted octanol–water partition coefficient (Wildman–Crippen LogP) is 4.26. The van der Waals surface area contributed by atoms with Crippen molar-refractivity contribution in [3.8, 4) is 0 Å². The van der Waals surface area contributed by atoms with Crippen LogP contribution in [-0.2, 0) is 11.2 Å². The van der Waals surface area contributed by atoms with Gasteiger partial charge in [-0.2, -0.15) is 0 Å². The number of halogens is 1. The molecule has 0 bridgehead atoms. The summed E-state index contributed by atoms with van der Waals surface area (Å²) >= 11 is 6.09. The number of benzene rings is 2. The van der Waals surface area contributed by atoms with E-state index in [2.05, 4.69) is 23.1 Å². The molecule has 4 heteroatoms. The van der Waals surface area contributed by atoms with E-state index in [1.54, 1.807) is 0 Å². The fourth-order valence-electron chi connectivity index (χ4n) is 3.45. The van der Waals surface area contributed by atoms with Crippen molar-refractivity contribution in [1.29, 1.82) is 0 Å². The van der Waals surface area contributed by atoms with Gasteiger partial charge in [0, 0.05) is 42.3 Å². The SMILES string of the molecule is CC(C)(Cc1ccccc1)C(=O)N1CCN(c2cccc(Cl)c2)CC1. The van der Waals surface area contributed by atoms with Crippen LogP contribution in [-0.4, -0.2) is 37.0 Å². The van der Waals surface area contributed by atoms with Crippen molar-refractivity contribution in [1.82, 2.24) is 4.90 Å². The third-order valence-corrected chi connectivity index (χ3v) is 5.04. The van der Waals surface area contributed by atoms with Crippen molar-refractivity contribution in [2.24, 2.45) is 5.41 Å². The number of amides is 1. The first-order valence-corrected chi connectivity index (χ1v) is 9.17. The highest BCUT2D eigenvalue weighted by Gasteiger charge is 2.33. The van der Waals surface area contributed by atoms with Gasteiger partial charge < -0.3 is 9.80 Å². The fraction of sp³-hybridized carbons (Fsp3) is 0.381. The maximum absolute atomic E-state index is 13.0. The lowest BCUT2D eigenvalue weighted by atomic mass is 9.84. The highest BCUT2D eigenvalue weighted by Crippen LogP contribution is 2.27. The quantitative estimate of drug-likeness (QED) is 0.817.